The number of aromatic amines is 1. The monoisotopic (exact) mass is 220 g/mol. The molecule has 2 aromatic heterocycles. The third kappa shape index (κ3) is 2.70. The van der Waals surface area contributed by atoms with Gasteiger partial charge in [-0.15, -0.1) is 11.3 Å². The molecule has 0 amide bonds. The van der Waals surface area contributed by atoms with Crippen LogP contribution in [0.4, 0.5) is 0 Å². The number of nitrogens with one attached hydrogen (secondary N) is 2. The minimum absolute atomic E-state index is 0.423. The van der Waals surface area contributed by atoms with Crippen LogP contribution in [0.5, 0.6) is 0 Å². The highest BCUT2D eigenvalue weighted by Crippen LogP contribution is 2.22. The molecule has 0 aliphatic heterocycles. The molecule has 1 atom stereocenters. The molecular formula is C12H16N2S. The number of hydrogen-bond acceptors (Lipinski definition) is 2. The summed E-state index contributed by atoms with van der Waals surface area (Å²) in [7, 11) is 0. The lowest BCUT2D eigenvalue weighted by atomic mass is 10.2. The van der Waals surface area contributed by atoms with E-state index in [2.05, 4.69) is 42.3 Å². The third-order valence-corrected chi connectivity index (χ3v) is 3.63. The van der Waals surface area contributed by atoms with Crippen LogP contribution in [0.2, 0.25) is 0 Å². The Hall–Kier alpha value is -1.06. The Morgan fingerprint density at radius 3 is 2.87 bits per heavy atom. The van der Waals surface area contributed by atoms with Crippen molar-refractivity contribution in [3.8, 4) is 0 Å². The molecular weight excluding hydrogens is 204 g/mol. The van der Waals surface area contributed by atoms with Gasteiger partial charge in [-0.05, 0) is 38.1 Å². The molecule has 0 aromatic carbocycles. The minimum atomic E-state index is 0.423. The lowest BCUT2D eigenvalue weighted by molar-refractivity contribution is 0.577. The molecule has 0 spiro atoms. The van der Waals surface area contributed by atoms with Crippen molar-refractivity contribution in [1.82, 2.24) is 10.3 Å². The normalized spacial score (nSPS) is 12.9. The first-order valence-corrected chi connectivity index (χ1v) is 5.99. The number of H-pyrrole nitrogens is 1. The van der Waals surface area contributed by atoms with Gasteiger partial charge in [0.05, 0.1) is 0 Å². The van der Waals surface area contributed by atoms with Crippen molar-refractivity contribution in [2.75, 3.05) is 0 Å². The second-order valence-corrected chi connectivity index (χ2v) is 5.07. The summed E-state index contributed by atoms with van der Waals surface area (Å²) in [6.07, 6.45) is 1.96. The molecule has 0 fully saturated rings. The van der Waals surface area contributed by atoms with Crippen LogP contribution in [0.15, 0.2) is 30.5 Å². The predicted molar refractivity (Wildman–Crippen MR) is 65.1 cm³/mol. The Bertz CT molecular complexity index is 403. The Labute approximate surface area is 94.3 Å². The Morgan fingerprint density at radius 1 is 1.40 bits per heavy atom. The van der Waals surface area contributed by atoms with Gasteiger partial charge in [0, 0.05) is 34.2 Å². The molecule has 0 bridgehead atoms. The minimum Gasteiger partial charge on any atom is -0.364 e. The van der Waals surface area contributed by atoms with E-state index in [9.17, 15) is 0 Å². The summed E-state index contributed by atoms with van der Waals surface area (Å²) < 4.78 is 0. The molecule has 0 saturated heterocycles. The van der Waals surface area contributed by atoms with Gasteiger partial charge in [-0.3, -0.25) is 0 Å². The Kier molecular flexibility index (Phi) is 3.23. The molecule has 1 unspecified atom stereocenters. The van der Waals surface area contributed by atoms with E-state index in [0.29, 0.717) is 6.04 Å². The van der Waals surface area contributed by atoms with Crippen molar-refractivity contribution >= 4 is 11.3 Å². The SMILES string of the molecule is Cc1ccc(C(C)NCc2ccc[nH]2)s1. The van der Waals surface area contributed by atoms with Gasteiger partial charge in [0.1, 0.15) is 0 Å². The van der Waals surface area contributed by atoms with Crippen molar-refractivity contribution in [2.24, 2.45) is 0 Å². The van der Waals surface area contributed by atoms with E-state index in [0.717, 1.165) is 6.54 Å². The van der Waals surface area contributed by atoms with Gasteiger partial charge in [-0.2, -0.15) is 0 Å². The van der Waals surface area contributed by atoms with Crippen LogP contribution < -0.4 is 5.32 Å². The first-order chi connectivity index (χ1) is 7.25. The molecule has 15 heavy (non-hydrogen) atoms. The number of aryl methyl sites for hydroxylation is 1. The highest BCUT2D eigenvalue weighted by atomic mass is 32.1. The van der Waals surface area contributed by atoms with Crippen LogP contribution in [0.25, 0.3) is 0 Å². The van der Waals surface area contributed by atoms with E-state index < -0.39 is 0 Å². The molecule has 2 heterocycles. The summed E-state index contributed by atoms with van der Waals surface area (Å²) >= 11 is 1.86. The Morgan fingerprint density at radius 2 is 2.27 bits per heavy atom. The highest BCUT2D eigenvalue weighted by molar-refractivity contribution is 7.12. The zero-order valence-electron chi connectivity index (χ0n) is 9.08. The van der Waals surface area contributed by atoms with Crippen molar-refractivity contribution < 1.29 is 0 Å². The highest BCUT2D eigenvalue weighted by Gasteiger charge is 2.06. The quantitative estimate of drug-likeness (QED) is 0.813. The van der Waals surface area contributed by atoms with Gasteiger partial charge in [0.15, 0.2) is 0 Å². The van der Waals surface area contributed by atoms with Crippen molar-refractivity contribution in [3.05, 3.63) is 45.9 Å². The van der Waals surface area contributed by atoms with Gasteiger partial charge < -0.3 is 10.3 Å². The molecule has 0 aliphatic rings. The van der Waals surface area contributed by atoms with Crippen molar-refractivity contribution in [2.45, 2.75) is 26.4 Å². The molecule has 3 heteroatoms. The lowest BCUT2D eigenvalue weighted by Gasteiger charge is -2.10. The second-order valence-electron chi connectivity index (χ2n) is 3.75. The van der Waals surface area contributed by atoms with Crippen LogP contribution in [0, 0.1) is 6.92 Å². The van der Waals surface area contributed by atoms with Gasteiger partial charge >= 0.3 is 0 Å². The van der Waals surface area contributed by atoms with Gasteiger partial charge in [0.2, 0.25) is 0 Å². The average molecular weight is 220 g/mol. The number of aromatic nitrogens is 1. The van der Waals surface area contributed by atoms with Gasteiger partial charge in [-0.1, -0.05) is 0 Å². The summed E-state index contributed by atoms with van der Waals surface area (Å²) in [6.45, 7) is 5.24. The number of hydrogen-bond donors (Lipinski definition) is 2. The topological polar surface area (TPSA) is 27.8 Å². The molecule has 0 saturated carbocycles. The summed E-state index contributed by atoms with van der Waals surface area (Å²) in [5, 5.41) is 3.49. The van der Waals surface area contributed by atoms with Gasteiger partial charge in [-0.25, -0.2) is 0 Å². The van der Waals surface area contributed by atoms with Crippen LogP contribution in [0.1, 0.15) is 28.4 Å². The number of thiophene rings is 1. The molecule has 0 radical (unpaired) electrons. The third-order valence-electron chi connectivity index (χ3n) is 2.45. The van der Waals surface area contributed by atoms with E-state index in [1.54, 1.807) is 0 Å². The fourth-order valence-corrected chi connectivity index (χ4v) is 2.43. The summed E-state index contributed by atoms with van der Waals surface area (Å²) in [5.74, 6) is 0. The first-order valence-electron chi connectivity index (χ1n) is 5.17. The van der Waals surface area contributed by atoms with Crippen LogP contribution in [-0.4, -0.2) is 4.98 Å². The summed E-state index contributed by atoms with van der Waals surface area (Å²) in [6, 6.07) is 8.92. The maximum absolute atomic E-state index is 3.49. The Balaban J connectivity index is 1.90. The zero-order valence-corrected chi connectivity index (χ0v) is 9.90. The molecule has 2 nitrogen and oxygen atoms in total. The lowest BCUT2D eigenvalue weighted by Crippen LogP contribution is -2.17. The fraction of sp³-hybridized carbons (Fsp3) is 0.333. The standard InChI is InChI=1S/C12H16N2S/c1-9-5-6-12(15-9)10(2)14-8-11-4-3-7-13-11/h3-7,10,13-14H,8H2,1-2H3. The maximum Gasteiger partial charge on any atom is 0.0389 e. The summed E-state index contributed by atoms with van der Waals surface area (Å²) in [5.41, 5.74) is 1.23. The van der Waals surface area contributed by atoms with Crippen molar-refractivity contribution in [3.63, 3.8) is 0 Å². The average Bonchev–Trinajstić information content (AvgIpc) is 2.84. The number of rotatable bonds is 4. The molecule has 2 N–H and O–H groups in total. The maximum atomic E-state index is 3.49. The molecule has 80 valence electrons. The van der Waals surface area contributed by atoms with E-state index in [-0.39, 0.29) is 0 Å². The largest absolute Gasteiger partial charge is 0.364 e. The predicted octanol–water partition coefficient (Wildman–Crippen LogP) is 3.24. The van der Waals surface area contributed by atoms with Crippen molar-refractivity contribution in [1.29, 1.82) is 0 Å². The fourth-order valence-electron chi connectivity index (χ4n) is 1.53. The second kappa shape index (κ2) is 4.64. The smallest absolute Gasteiger partial charge is 0.0389 e. The molecule has 2 aromatic rings. The molecule has 0 aliphatic carbocycles. The van der Waals surface area contributed by atoms with Gasteiger partial charge in [0.25, 0.3) is 0 Å². The van der Waals surface area contributed by atoms with E-state index in [1.165, 1.54) is 15.4 Å². The molecule has 2 rings (SSSR count). The zero-order chi connectivity index (χ0) is 10.7. The van der Waals surface area contributed by atoms with Crippen LogP contribution in [0.3, 0.4) is 0 Å². The van der Waals surface area contributed by atoms with E-state index in [1.807, 2.05) is 23.6 Å². The van der Waals surface area contributed by atoms with Crippen LogP contribution in [-0.2, 0) is 6.54 Å². The van der Waals surface area contributed by atoms with E-state index >= 15 is 0 Å². The van der Waals surface area contributed by atoms with E-state index in [4.69, 9.17) is 0 Å². The van der Waals surface area contributed by atoms with Crippen LogP contribution >= 0.6 is 11.3 Å². The summed E-state index contributed by atoms with van der Waals surface area (Å²) in [4.78, 5) is 5.97. The first kappa shape index (κ1) is 10.5.